The van der Waals surface area contributed by atoms with Gasteiger partial charge in [-0.15, -0.1) is 0 Å². The molecule has 24 heavy (non-hydrogen) atoms. The van der Waals surface area contributed by atoms with E-state index in [1.807, 2.05) is 30.3 Å². The minimum atomic E-state index is -1.57. The van der Waals surface area contributed by atoms with Gasteiger partial charge >= 0.3 is 5.97 Å². The van der Waals surface area contributed by atoms with Gasteiger partial charge in [0.05, 0.1) is 7.11 Å². The second kappa shape index (κ2) is 8.47. The van der Waals surface area contributed by atoms with Crippen LogP contribution in [0.5, 0.6) is 11.5 Å². The topological polar surface area (TPSA) is 54.0 Å². The van der Waals surface area contributed by atoms with Gasteiger partial charge in [0.15, 0.2) is 0 Å². The van der Waals surface area contributed by atoms with Crippen LogP contribution < -0.4 is 4.74 Å². The largest absolute Gasteiger partial charge is 0.465 e. The highest BCUT2D eigenvalue weighted by Crippen LogP contribution is 2.31. The van der Waals surface area contributed by atoms with Crippen LogP contribution in [0.15, 0.2) is 54.6 Å². The molecule has 5 nitrogen and oxygen atoms in total. The Morgan fingerprint density at radius 3 is 1.92 bits per heavy atom. The number of carbonyl (C=O) groups is 1. The van der Waals surface area contributed by atoms with Crippen LogP contribution in [0, 0.1) is 0 Å². The molecule has 0 saturated carbocycles. The molecule has 0 aliphatic heterocycles. The lowest BCUT2D eigenvalue weighted by molar-refractivity contribution is -0.250. The fraction of sp³-hybridized carbons (Fsp3) is 0.316. The molecule has 0 aliphatic carbocycles. The number of rotatable bonds is 8. The van der Waals surface area contributed by atoms with Crippen molar-refractivity contribution in [3.05, 3.63) is 60.2 Å². The van der Waals surface area contributed by atoms with Crippen LogP contribution >= 0.6 is 0 Å². The number of hydrogen-bond acceptors (Lipinski definition) is 5. The van der Waals surface area contributed by atoms with Crippen LogP contribution in [0.1, 0.15) is 19.4 Å². The summed E-state index contributed by atoms with van der Waals surface area (Å²) in [7, 11) is 1.31. The van der Waals surface area contributed by atoms with Gasteiger partial charge < -0.3 is 18.9 Å². The summed E-state index contributed by atoms with van der Waals surface area (Å²) in [6.45, 7) is 4.20. The molecule has 0 saturated heterocycles. The third kappa shape index (κ3) is 3.93. The highest BCUT2D eigenvalue weighted by Gasteiger charge is 2.44. The smallest absolute Gasteiger partial charge is 0.371 e. The molecule has 0 spiro atoms. The van der Waals surface area contributed by atoms with Crippen LogP contribution in [-0.4, -0.2) is 26.3 Å². The summed E-state index contributed by atoms with van der Waals surface area (Å²) in [5, 5.41) is 0. The van der Waals surface area contributed by atoms with Gasteiger partial charge in [-0.1, -0.05) is 18.2 Å². The maximum atomic E-state index is 12.3. The Morgan fingerprint density at radius 2 is 1.42 bits per heavy atom. The van der Waals surface area contributed by atoms with Crippen molar-refractivity contribution in [3.63, 3.8) is 0 Å². The van der Waals surface area contributed by atoms with E-state index >= 15 is 0 Å². The van der Waals surface area contributed by atoms with E-state index in [4.69, 9.17) is 18.9 Å². The zero-order chi connectivity index (χ0) is 17.4. The van der Waals surface area contributed by atoms with Crippen molar-refractivity contribution in [2.45, 2.75) is 19.6 Å². The van der Waals surface area contributed by atoms with E-state index in [2.05, 4.69) is 0 Å². The van der Waals surface area contributed by atoms with Gasteiger partial charge in [0.1, 0.15) is 11.5 Å². The number of carbonyl (C=O) groups excluding carboxylic acids is 1. The predicted octanol–water partition coefficient (Wildman–Crippen LogP) is 3.88. The molecule has 128 valence electrons. The van der Waals surface area contributed by atoms with Gasteiger partial charge in [0.2, 0.25) is 0 Å². The van der Waals surface area contributed by atoms with E-state index in [1.54, 1.807) is 38.1 Å². The Kier molecular flexibility index (Phi) is 6.35. The molecule has 0 radical (unpaired) electrons. The minimum Gasteiger partial charge on any atom is -0.465 e. The van der Waals surface area contributed by atoms with Crippen molar-refractivity contribution in [1.82, 2.24) is 0 Å². The maximum Gasteiger partial charge on any atom is 0.371 e. The third-order valence-electron chi connectivity index (χ3n) is 3.36. The molecule has 0 N–H and O–H groups in total. The first-order valence-electron chi connectivity index (χ1n) is 7.86. The average Bonchev–Trinajstić information content (AvgIpc) is 2.62. The molecule has 0 aliphatic rings. The van der Waals surface area contributed by atoms with Crippen LogP contribution in [0.4, 0.5) is 0 Å². The van der Waals surface area contributed by atoms with Crippen molar-refractivity contribution in [1.29, 1.82) is 0 Å². The van der Waals surface area contributed by atoms with Gasteiger partial charge in [-0.3, -0.25) is 0 Å². The van der Waals surface area contributed by atoms with Crippen molar-refractivity contribution in [3.8, 4) is 11.5 Å². The lowest BCUT2D eigenvalue weighted by Crippen LogP contribution is -2.42. The molecule has 0 unspecified atom stereocenters. The normalized spacial score (nSPS) is 11.1. The molecule has 0 heterocycles. The number of ether oxygens (including phenoxy) is 4. The molecule has 5 heteroatoms. The van der Waals surface area contributed by atoms with Crippen molar-refractivity contribution in [2.24, 2.45) is 0 Å². The molecule has 2 aromatic carbocycles. The van der Waals surface area contributed by atoms with Gasteiger partial charge in [0.25, 0.3) is 5.79 Å². The second-order valence-electron chi connectivity index (χ2n) is 4.91. The van der Waals surface area contributed by atoms with Gasteiger partial charge in [-0.05, 0) is 50.2 Å². The summed E-state index contributed by atoms with van der Waals surface area (Å²) in [5.74, 6) is -0.775. The number of methoxy groups -OCH3 is 1. The van der Waals surface area contributed by atoms with E-state index in [1.165, 1.54) is 7.11 Å². The molecule has 0 amide bonds. The molecule has 0 fully saturated rings. The van der Waals surface area contributed by atoms with Crippen molar-refractivity contribution < 1.29 is 23.7 Å². The van der Waals surface area contributed by atoms with E-state index in [0.29, 0.717) is 24.5 Å². The van der Waals surface area contributed by atoms with Gasteiger partial charge in [-0.25, -0.2) is 4.79 Å². The van der Waals surface area contributed by atoms with E-state index in [-0.39, 0.29) is 0 Å². The Balaban J connectivity index is 2.29. The van der Waals surface area contributed by atoms with Gasteiger partial charge in [0, 0.05) is 18.8 Å². The summed E-state index contributed by atoms with van der Waals surface area (Å²) < 4.78 is 21.9. The number of para-hydroxylation sites is 1. The highest BCUT2D eigenvalue weighted by atomic mass is 16.7. The van der Waals surface area contributed by atoms with Crippen molar-refractivity contribution in [2.75, 3.05) is 20.3 Å². The van der Waals surface area contributed by atoms with E-state index in [0.717, 1.165) is 5.75 Å². The molecular formula is C19H22O5. The lowest BCUT2D eigenvalue weighted by atomic mass is 10.1. The molecule has 0 aromatic heterocycles. The Morgan fingerprint density at radius 1 is 0.875 bits per heavy atom. The summed E-state index contributed by atoms with van der Waals surface area (Å²) in [6.07, 6.45) is 0. The van der Waals surface area contributed by atoms with Crippen LogP contribution in [0.3, 0.4) is 0 Å². The zero-order valence-corrected chi connectivity index (χ0v) is 14.2. The number of esters is 1. The van der Waals surface area contributed by atoms with Crippen LogP contribution in [0.2, 0.25) is 0 Å². The van der Waals surface area contributed by atoms with E-state index in [9.17, 15) is 4.79 Å². The predicted molar refractivity (Wildman–Crippen MR) is 89.9 cm³/mol. The molecular weight excluding hydrogens is 308 g/mol. The quantitative estimate of drug-likeness (QED) is 0.543. The first kappa shape index (κ1) is 18.0. The van der Waals surface area contributed by atoms with Gasteiger partial charge in [-0.2, -0.15) is 0 Å². The van der Waals surface area contributed by atoms with Crippen LogP contribution in [-0.2, 0) is 24.8 Å². The summed E-state index contributed by atoms with van der Waals surface area (Å²) in [6, 6.07) is 16.5. The lowest BCUT2D eigenvalue weighted by Gasteiger charge is -2.30. The maximum absolute atomic E-state index is 12.3. The minimum absolute atomic E-state index is 0.303. The second-order valence-corrected chi connectivity index (χ2v) is 4.91. The SMILES string of the molecule is CCOC(OCC)(C(=O)OC)c1ccc(Oc2ccccc2)cc1. The standard InChI is InChI=1S/C19H22O5/c1-4-22-19(23-5-2,18(20)21-3)15-11-13-17(14-12-15)24-16-9-7-6-8-10-16/h6-14H,4-5H2,1-3H3. The molecule has 2 aromatic rings. The first-order chi connectivity index (χ1) is 11.7. The zero-order valence-electron chi connectivity index (χ0n) is 14.2. The first-order valence-corrected chi connectivity index (χ1v) is 7.86. The summed E-state index contributed by atoms with van der Waals surface area (Å²) in [5.41, 5.74) is 0.554. The average molecular weight is 330 g/mol. The molecule has 0 atom stereocenters. The fourth-order valence-corrected chi connectivity index (χ4v) is 2.35. The van der Waals surface area contributed by atoms with Crippen molar-refractivity contribution >= 4 is 5.97 Å². The monoisotopic (exact) mass is 330 g/mol. The van der Waals surface area contributed by atoms with Crippen LogP contribution in [0.25, 0.3) is 0 Å². The molecule has 2 rings (SSSR count). The summed E-state index contributed by atoms with van der Waals surface area (Å²) in [4.78, 5) is 12.3. The number of benzene rings is 2. The highest BCUT2D eigenvalue weighted by molar-refractivity contribution is 5.79. The Bertz CT molecular complexity index is 631. The fourth-order valence-electron chi connectivity index (χ4n) is 2.35. The third-order valence-corrected chi connectivity index (χ3v) is 3.36. The Hall–Kier alpha value is -2.37. The molecule has 0 bridgehead atoms. The van der Waals surface area contributed by atoms with E-state index < -0.39 is 11.8 Å². The number of hydrogen-bond donors (Lipinski definition) is 0. The Labute approximate surface area is 142 Å². The summed E-state index contributed by atoms with van der Waals surface area (Å²) >= 11 is 0.